The second-order valence-corrected chi connectivity index (χ2v) is 4.47. The van der Waals surface area contributed by atoms with Crippen LogP contribution in [-0.2, 0) is 0 Å². The predicted molar refractivity (Wildman–Crippen MR) is 73.7 cm³/mol. The number of piperazine rings is 1. The monoisotopic (exact) mass is 303 g/mol. The number of nitro groups is 1. The fourth-order valence-corrected chi connectivity index (χ4v) is 2.14. The van der Waals surface area contributed by atoms with Crippen molar-refractivity contribution in [3.63, 3.8) is 0 Å². The van der Waals surface area contributed by atoms with Crippen LogP contribution in [-0.4, -0.2) is 41.4 Å². The van der Waals surface area contributed by atoms with E-state index in [2.05, 4.69) is 5.32 Å². The van der Waals surface area contributed by atoms with Gasteiger partial charge in [-0.2, -0.15) is 0 Å². The molecule has 1 unspecified atom stereocenters. The summed E-state index contributed by atoms with van der Waals surface area (Å²) in [4.78, 5) is 24.1. The zero-order valence-corrected chi connectivity index (χ0v) is 11.7. The van der Waals surface area contributed by atoms with Gasteiger partial charge in [0, 0.05) is 31.7 Å². The third-order valence-corrected chi connectivity index (χ3v) is 3.15. The number of rotatable bonds is 2. The average Bonchev–Trinajstić information content (AvgIpc) is 2.38. The van der Waals surface area contributed by atoms with Crippen LogP contribution in [0.3, 0.4) is 0 Å². The van der Waals surface area contributed by atoms with E-state index in [0.717, 1.165) is 18.2 Å². The first-order chi connectivity index (χ1) is 9.00. The van der Waals surface area contributed by atoms with Gasteiger partial charge in [-0.15, -0.1) is 12.4 Å². The number of carbonyl (C=O) groups is 1. The Morgan fingerprint density at radius 1 is 1.55 bits per heavy atom. The van der Waals surface area contributed by atoms with Crippen LogP contribution >= 0.6 is 12.4 Å². The van der Waals surface area contributed by atoms with Crippen LogP contribution in [0.5, 0.6) is 0 Å². The first-order valence-corrected chi connectivity index (χ1v) is 5.96. The molecule has 1 aromatic carbocycles. The SMILES string of the molecule is CC1CNCCN1C(=O)c1cc(F)ccc1[N+](=O)[O-].Cl. The van der Waals surface area contributed by atoms with E-state index in [1.807, 2.05) is 6.92 Å². The average molecular weight is 304 g/mol. The summed E-state index contributed by atoms with van der Waals surface area (Å²) >= 11 is 0. The standard InChI is InChI=1S/C12H14FN3O3.ClH/c1-8-7-14-4-5-15(8)12(17)10-6-9(13)2-3-11(10)16(18)19;/h2-3,6,8,14H,4-5,7H2,1H3;1H. The molecular weight excluding hydrogens is 289 g/mol. The molecule has 1 aromatic rings. The van der Waals surface area contributed by atoms with Crippen molar-refractivity contribution in [2.75, 3.05) is 19.6 Å². The highest BCUT2D eigenvalue weighted by Crippen LogP contribution is 2.22. The number of hydrogen-bond donors (Lipinski definition) is 1. The largest absolute Gasteiger partial charge is 0.333 e. The second-order valence-electron chi connectivity index (χ2n) is 4.47. The second kappa shape index (κ2) is 6.62. The van der Waals surface area contributed by atoms with Crippen LogP contribution in [0.4, 0.5) is 10.1 Å². The lowest BCUT2D eigenvalue weighted by Gasteiger charge is -2.33. The Morgan fingerprint density at radius 3 is 2.85 bits per heavy atom. The Morgan fingerprint density at radius 2 is 2.25 bits per heavy atom. The number of carbonyl (C=O) groups excluding carboxylic acids is 1. The summed E-state index contributed by atoms with van der Waals surface area (Å²) in [6.45, 7) is 3.54. The minimum absolute atomic E-state index is 0. The molecule has 1 N–H and O–H groups in total. The molecule has 0 radical (unpaired) electrons. The molecule has 2 rings (SSSR count). The molecule has 20 heavy (non-hydrogen) atoms. The first kappa shape index (κ1) is 16.3. The number of nitrogens with one attached hydrogen (secondary N) is 1. The van der Waals surface area contributed by atoms with Crippen molar-refractivity contribution in [3.05, 3.63) is 39.7 Å². The van der Waals surface area contributed by atoms with Crippen molar-refractivity contribution >= 4 is 24.0 Å². The Hall–Kier alpha value is -1.73. The van der Waals surface area contributed by atoms with Crippen molar-refractivity contribution < 1.29 is 14.1 Å². The third kappa shape index (κ3) is 3.23. The molecule has 6 nitrogen and oxygen atoms in total. The van der Waals surface area contributed by atoms with Gasteiger partial charge in [0.05, 0.1) is 4.92 Å². The number of halogens is 2. The van der Waals surface area contributed by atoms with Gasteiger partial charge in [-0.3, -0.25) is 14.9 Å². The van der Waals surface area contributed by atoms with Crippen molar-refractivity contribution in [2.24, 2.45) is 0 Å². The number of nitro benzene ring substituents is 1. The van der Waals surface area contributed by atoms with E-state index in [1.54, 1.807) is 0 Å². The van der Waals surface area contributed by atoms with Crippen molar-refractivity contribution in [2.45, 2.75) is 13.0 Å². The lowest BCUT2D eigenvalue weighted by atomic mass is 10.1. The Bertz CT molecular complexity index is 527. The molecule has 1 atom stereocenters. The summed E-state index contributed by atoms with van der Waals surface area (Å²) in [6, 6.07) is 2.85. The van der Waals surface area contributed by atoms with Gasteiger partial charge < -0.3 is 10.2 Å². The molecule has 1 aliphatic rings. The predicted octanol–water partition coefficient (Wildman–Crippen LogP) is 1.59. The van der Waals surface area contributed by atoms with Crippen LogP contribution in [0.25, 0.3) is 0 Å². The summed E-state index contributed by atoms with van der Waals surface area (Å²) in [5.41, 5.74) is -0.559. The molecule has 1 heterocycles. The maximum atomic E-state index is 13.2. The minimum atomic E-state index is -0.667. The lowest BCUT2D eigenvalue weighted by molar-refractivity contribution is -0.385. The molecule has 110 valence electrons. The van der Waals surface area contributed by atoms with Crippen molar-refractivity contribution in [1.29, 1.82) is 0 Å². The highest BCUT2D eigenvalue weighted by Gasteiger charge is 2.29. The van der Waals surface area contributed by atoms with E-state index in [4.69, 9.17) is 0 Å². The van der Waals surface area contributed by atoms with Crippen LogP contribution in [0.15, 0.2) is 18.2 Å². The highest BCUT2D eigenvalue weighted by atomic mass is 35.5. The van der Waals surface area contributed by atoms with E-state index in [-0.39, 0.29) is 29.7 Å². The topological polar surface area (TPSA) is 75.5 Å². The van der Waals surface area contributed by atoms with Crippen LogP contribution < -0.4 is 5.32 Å². The summed E-state index contributed by atoms with van der Waals surface area (Å²) in [6.07, 6.45) is 0. The van der Waals surface area contributed by atoms with E-state index in [1.165, 1.54) is 4.90 Å². The van der Waals surface area contributed by atoms with E-state index in [0.29, 0.717) is 19.6 Å². The zero-order chi connectivity index (χ0) is 14.0. The molecule has 0 aliphatic carbocycles. The maximum Gasteiger partial charge on any atom is 0.282 e. The maximum absolute atomic E-state index is 13.2. The van der Waals surface area contributed by atoms with Gasteiger partial charge in [0.2, 0.25) is 0 Å². The van der Waals surface area contributed by atoms with Crippen molar-refractivity contribution in [1.82, 2.24) is 10.2 Å². The number of amides is 1. The molecular formula is C12H15ClFN3O3. The summed E-state index contributed by atoms with van der Waals surface area (Å²) < 4.78 is 13.2. The fraction of sp³-hybridized carbons (Fsp3) is 0.417. The van der Waals surface area contributed by atoms with Crippen LogP contribution in [0.2, 0.25) is 0 Å². The van der Waals surface area contributed by atoms with Crippen LogP contribution in [0, 0.1) is 15.9 Å². The third-order valence-electron chi connectivity index (χ3n) is 3.15. The summed E-state index contributed by atoms with van der Waals surface area (Å²) in [7, 11) is 0. The van der Waals surface area contributed by atoms with Crippen molar-refractivity contribution in [3.8, 4) is 0 Å². The first-order valence-electron chi connectivity index (χ1n) is 5.96. The number of nitrogens with zero attached hydrogens (tertiary/aromatic N) is 2. The Balaban J connectivity index is 0.00000200. The Labute approximate surface area is 121 Å². The molecule has 0 aromatic heterocycles. The molecule has 1 fully saturated rings. The Kier molecular flexibility index (Phi) is 5.41. The molecule has 1 amide bonds. The van der Waals surface area contributed by atoms with Gasteiger partial charge >= 0.3 is 0 Å². The van der Waals surface area contributed by atoms with E-state index in [9.17, 15) is 19.3 Å². The van der Waals surface area contributed by atoms with Crippen LogP contribution in [0.1, 0.15) is 17.3 Å². The molecule has 0 spiro atoms. The fourth-order valence-electron chi connectivity index (χ4n) is 2.14. The normalized spacial score (nSPS) is 18.3. The number of hydrogen-bond acceptors (Lipinski definition) is 4. The van der Waals surface area contributed by atoms with Gasteiger partial charge in [-0.05, 0) is 19.1 Å². The molecule has 1 aliphatic heterocycles. The van der Waals surface area contributed by atoms with Gasteiger partial charge in [-0.25, -0.2) is 4.39 Å². The number of benzene rings is 1. The van der Waals surface area contributed by atoms with Gasteiger partial charge in [0.1, 0.15) is 11.4 Å². The molecule has 1 saturated heterocycles. The molecule has 8 heteroatoms. The molecule has 0 bridgehead atoms. The van der Waals surface area contributed by atoms with Gasteiger partial charge in [-0.1, -0.05) is 0 Å². The van der Waals surface area contributed by atoms with E-state index < -0.39 is 16.6 Å². The molecule has 0 saturated carbocycles. The zero-order valence-electron chi connectivity index (χ0n) is 10.8. The quantitative estimate of drug-likeness (QED) is 0.665. The van der Waals surface area contributed by atoms with Gasteiger partial charge in [0.15, 0.2) is 0 Å². The summed E-state index contributed by atoms with van der Waals surface area (Å²) in [5.74, 6) is -1.16. The smallest absolute Gasteiger partial charge is 0.282 e. The summed E-state index contributed by atoms with van der Waals surface area (Å²) in [5, 5.41) is 14.0. The lowest BCUT2D eigenvalue weighted by Crippen LogP contribution is -2.52. The van der Waals surface area contributed by atoms with E-state index >= 15 is 0 Å². The van der Waals surface area contributed by atoms with Gasteiger partial charge in [0.25, 0.3) is 11.6 Å². The minimum Gasteiger partial charge on any atom is -0.333 e. The highest BCUT2D eigenvalue weighted by molar-refractivity contribution is 5.98.